The minimum atomic E-state index is -0.880. The Bertz CT molecular complexity index is 669. The normalized spacial score (nSPS) is 18.7. The van der Waals surface area contributed by atoms with Crippen LogP contribution in [0.2, 0.25) is 5.02 Å². The molecule has 7 heteroatoms. The number of nitrogens with zero attached hydrogens (tertiary/aromatic N) is 2. The van der Waals surface area contributed by atoms with Crippen molar-refractivity contribution < 1.29 is 18.4 Å². The van der Waals surface area contributed by atoms with Crippen LogP contribution in [0.5, 0.6) is 0 Å². The number of amides is 2. The number of hydrogen-bond acceptors (Lipinski definition) is 2. The van der Waals surface area contributed by atoms with Gasteiger partial charge in [0.1, 0.15) is 16.7 Å². The summed E-state index contributed by atoms with van der Waals surface area (Å²) in [6, 6.07) is 2.31. The molecule has 136 valence electrons. The van der Waals surface area contributed by atoms with Crippen LogP contribution in [0.4, 0.5) is 8.78 Å². The van der Waals surface area contributed by atoms with Crippen LogP contribution in [-0.2, 0) is 16.0 Å². The highest BCUT2D eigenvalue weighted by molar-refractivity contribution is 6.31. The first-order chi connectivity index (χ1) is 12.0. The van der Waals surface area contributed by atoms with Gasteiger partial charge in [-0.1, -0.05) is 17.7 Å². The van der Waals surface area contributed by atoms with Crippen molar-refractivity contribution in [2.24, 2.45) is 5.92 Å². The van der Waals surface area contributed by atoms with E-state index in [-0.39, 0.29) is 29.7 Å². The van der Waals surface area contributed by atoms with Gasteiger partial charge in [0, 0.05) is 32.1 Å². The fourth-order valence-electron chi connectivity index (χ4n) is 3.55. The van der Waals surface area contributed by atoms with Crippen molar-refractivity contribution in [2.75, 3.05) is 26.2 Å². The molecule has 2 aliphatic rings. The molecule has 2 aliphatic heterocycles. The molecule has 2 saturated heterocycles. The number of benzene rings is 1. The third-order valence-corrected chi connectivity index (χ3v) is 5.42. The maximum atomic E-state index is 13.9. The smallest absolute Gasteiger partial charge is 0.227 e. The van der Waals surface area contributed by atoms with E-state index in [1.807, 2.05) is 4.90 Å². The minimum absolute atomic E-state index is 0.0286. The fourth-order valence-corrected chi connectivity index (χ4v) is 3.73. The van der Waals surface area contributed by atoms with Gasteiger partial charge in [0.15, 0.2) is 0 Å². The predicted octanol–water partition coefficient (Wildman–Crippen LogP) is 3.02. The lowest BCUT2D eigenvalue weighted by Crippen LogP contribution is -2.44. The molecular formula is C18H21ClF2N2O2. The molecule has 0 saturated carbocycles. The molecule has 1 aromatic rings. The SMILES string of the molecule is O=C(Cc1ccc(F)c(Cl)c1F)N1CCC(C(=O)N2CCCC2)CC1. The summed E-state index contributed by atoms with van der Waals surface area (Å²) in [6.07, 6.45) is 3.24. The van der Waals surface area contributed by atoms with Crippen LogP contribution >= 0.6 is 11.6 Å². The summed E-state index contributed by atoms with van der Waals surface area (Å²) < 4.78 is 27.1. The second-order valence-electron chi connectivity index (χ2n) is 6.70. The standard InChI is InChI=1S/C18H21ClF2N2O2/c19-16-14(20)4-3-13(17(16)21)11-15(24)22-9-5-12(6-10-22)18(25)23-7-1-2-8-23/h3-4,12H,1-2,5-11H2. The number of piperidine rings is 1. The van der Waals surface area contributed by atoms with E-state index in [0.717, 1.165) is 32.0 Å². The van der Waals surface area contributed by atoms with Gasteiger partial charge in [-0.3, -0.25) is 9.59 Å². The number of carbonyl (C=O) groups is 2. The fraction of sp³-hybridized carbons (Fsp3) is 0.556. The summed E-state index contributed by atoms with van der Waals surface area (Å²) in [4.78, 5) is 28.3. The first-order valence-electron chi connectivity index (χ1n) is 8.66. The molecule has 1 aromatic carbocycles. The van der Waals surface area contributed by atoms with E-state index >= 15 is 0 Å². The van der Waals surface area contributed by atoms with E-state index in [2.05, 4.69) is 0 Å². The first kappa shape index (κ1) is 18.1. The molecule has 2 amide bonds. The van der Waals surface area contributed by atoms with Crippen LogP contribution in [0, 0.1) is 17.6 Å². The number of likely N-dealkylation sites (tertiary alicyclic amines) is 2. The van der Waals surface area contributed by atoms with E-state index in [1.165, 1.54) is 6.07 Å². The van der Waals surface area contributed by atoms with Crippen LogP contribution < -0.4 is 0 Å². The Morgan fingerprint density at radius 2 is 1.68 bits per heavy atom. The summed E-state index contributed by atoms with van der Waals surface area (Å²) in [5.41, 5.74) is 0.0895. The molecule has 4 nitrogen and oxygen atoms in total. The largest absolute Gasteiger partial charge is 0.342 e. The molecule has 0 radical (unpaired) electrons. The lowest BCUT2D eigenvalue weighted by molar-refractivity contribution is -0.139. The molecule has 2 fully saturated rings. The Balaban J connectivity index is 1.55. The second-order valence-corrected chi connectivity index (χ2v) is 7.08. The van der Waals surface area contributed by atoms with Crippen molar-refractivity contribution >= 4 is 23.4 Å². The van der Waals surface area contributed by atoms with Crippen molar-refractivity contribution in [2.45, 2.75) is 32.1 Å². The summed E-state index contributed by atoms with van der Waals surface area (Å²) in [6.45, 7) is 2.64. The van der Waals surface area contributed by atoms with Gasteiger partial charge in [0.05, 0.1) is 6.42 Å². The lowest BCUT2D eigenvalue weighted by Gasteiger charge is -2.33. The van der Waals surface area contributed by atoms with Crippen LogP contribution in [0.1, 0.15) is 31.2 Å². The van der Waals surface area contributed by atoms with Gasteiger partial charge in [0.2, 0.25) is 11.8 Å². The van der Waals surface area contributed by atoms with Crippen molar-refractivity contribution in [1.29, 1.82) is 0 Å². The zero-order chi connectivity index (χ0) is 18.0. The Labute approximate surface area is 150 Å². The zero-order valence-corrected chi connectivity index (χ0v) is 14.7. The zero-order valence-electron chi connectivity index (χ0n) is 13.9. The number of carbonyl (C=O) groups excluding carboxylic acids is 2. The first-order valence-corrected chi connectivity index (χ1v) is 9.04. The molecule has 0 aromatic heterocycles. The molecule has 0 unspecified atom stereocenters. The highest BCUT2D eigenvalue weighted by atomic mass is 35.5. The van der Waals surface area contributed by atoms with Crippen molar-refractivity contribution in [1.82, 2.24) is 9.80 Å². The van der Waals surface area contributed by atoms with Crippen molar-refractivity contribution in [3.63, 3.8) is 0 Å². The highest BCUT2D eigenvalue weighted by Gasteiger charge is 2.31. The topological polar surface area (TPSA) is 40.6 Å². The van der Waals surface area contributed by atoms with Gasteiger partial charge in [-0.15, -0.1) is 0 Å². The van der Waals surface area contributed by atoms with E-state index < -0.39 is 16.7 Å². The van der Waals surface area contributed by atoms with E-state index in [0.29, 0.717) is 25.9 Å². The average molecular weight is 371 g/mol. The molecule has 0 spiro atoms. The minimum Gasteiger partial charge on any atom is -0.342 e. The van der Waals surface area contributed by atoms with Crippen molar-refractivity contribution in [3.05, 3.63) is 34.4 Å². The quantitative estimate of drug-likeness (QED) is 0.767. The summed E-state index contributed by atoms with van der Waals surface area (Å²) in [7, 11) is 0. The summed E-state index contributed by atoms with van der Waals surface area (Å²) in [5, 5.41) is -0.583. The maximum Gasteiger partial charge on any atom is 0.227 e. The molecular weight excluding hydrogens is 350 g/mol. The molecule has 3 rings (SSSR count). The summed E-state index contributed by atoms with van der Waals surface area (Å²) in [5.74, 6) is -1.78. The van der Waals surface area contributed by atoms with Crippen LogP contribution in [0.25, 0.3) is 0 Å². The van der Waals surface area contributed by atoms with Gasteiger partial charge in [-0.2, -0.15) is 0 Å². The van der Waals surface area contributed by atoms with Gasteiger partial charge in [-0.25, -0.2) is 8.78 Å². The van der Waals surface area contributed by atoms with Gasteiger partial charge >= 0.3 is 0 Å². The summed E-state index contributed by atoms with van der Waals surface area (Å²) >= 11 is 5.55. The molecule has 0 N–H and O–H groups in total. The highest BCUT2D eigenvalue weighted by Crippen LogP contribution is 2.25. The monoisotopic (exact) mass is 370 g/mol. The van der Waals surface area contributed by atoms with Crippen LogP contribution in [-0.4, -0.2) is 47.8 Å². The second kappa shape index (κ2) is 7.68. The lowest BCUT2D eigenvalue weighted by atomic mass is 9.95. The molecule has 0 atom stereocenters. The Kier molecular flexibility index (Phi) is 5.57. The number of halogens is 3. The number of rotatable bonds is 3. The molecule has 0 aliphatic carbocycles. The Morgan fingerprint density at radius 1 is 1.04 bits per heavy atom. The predicted molar refractivity (Wildman–Crippen MR) is 90.2 cm³/mol. The Morgan fingerprint density at radius 3 is 2.32 bits per heavy atom. The van der Waals surface area contributed by atoms with E-state index in [9.17, 15) is 18.4 Å². The molecule has 2 heterocycles. The third kappa shape index (κ3) is 3.94. The van der Waals surface area contributed by atoms with Crippen molar-refractivity contribution in [3.8, 4) is 0 Å². The third-order valence-electron chi connectivity index (χ3n) is 5.07. The maximum absolute atomic E-state index is 13.9. The van der Waals surface area contributed by atoms with Crippen LogP contribution in [0.15, 0.2) is 12.1 Å². The van der Waals surface area contributed by atoms with Gasteiger partial charge in [0.25, 0.3) is 0 Å². The Hall–Kier alpha value is -1.69. The van der Waals surface area contributed by atoms with Gasteiger partial charge < -0.3 is 9.80 Å². The van der Waals surface area contributed by atoms with Crippen LogP contribution in [0.3, 0.4) is 0 Å². The molecule has 0 bridgehead atoms. The molecule has 25 heavy (non-hydrogen) atoms. The number of hydrogen-bond donors (Lipinski definition) is 0. The van der Waals surface area contributed by atoms with Gasteiger partial charge in [-0.05, 0) is 37.3 Å². The average Bonchev–Trinajstić information content (AvgIpc) is 3.16. The van der Waals surface area contributed by atoms with E-state index in [1.54, 1.807) is 4.90 Å². The van der Waals surface area contributed by atoms with E-state index in [4.69, 9.17) is 11.6 Å².